The molecule has 0 heterocycles. The van der Waals surface area contributed by atoms with E-state index < -0.39 is 83.4 Å². The third-order valence-electron chi connectivity index (χ3n) is 18.8. The van der Waals surface area contributed by atoms with Gasteiger partial charge in [-0.2, -0.15) is 0 Å². The van der Waals surface area contributed by atoms with E-state index in [1.54, 1.807) is 6.92 Å². The molecule has 10 aromatic carbocycles. The van der Waals surface area contributed by atoms with E-state index in [4.69, 9.17) is 80.9 Å². The Kier molecular flexibility index (Phi) is 39.3. The molecule has 10 aromatic rings. The SMILES string of the molecule is CCOC(=O)[C@@H](OC(C)(C)C)c1c(C)cc2ccccc2c1Cl.Cc1cc2ccccc2c(C2=CCCCC2)c1[C@H](OC(C)(C)C)C(=O)O.Cc1cc2ccccc2c(Cl)c1[C@@H](CO)OC(C)(C)C.Cc1cc2ccccc2c(Cl)c1[C@@H](COC(=O)C(C)(C)C)OC(C)(C)C.Cc1cc2ccccc2c(Cl)c1[C@H](OC(C)(C)C)C(=O)O.[2H]CF.[Na+].[OH-]. The van der Waals surface area contributed by atoms with Gasteiger partial charge in [0, 0.05) is 49.4 Å². The molecule has 1 aliphatic rings. The predicted octanol–water partition coefficient (Wildman–Crippen LogP) is 24.3. The van der Waals surface area contributed by atoms with Crippen molar-refractivity contribution >= 4 is 130 Å². The molecule has 0 unspecified atom stereocenters. The van der Waals surface area contributed by atoms with Gasteiger partial charge in [-0.25, -0.2) is 14.4 Å². The van der Waals surface area contributed by atoms with Gasteiger partial charge in [-0.15, -0.1) is 0 Å². The molecular formula is C99H124Cl4FNaO15. The Labute approximate surface area is 754 Å². The first-order valence-corrected chi connectivity index (χ1v) is 41.5. The van der Waals surface area contributed by atoms with Crippen LogP contribution in [0.5, 0.6) is 0 Å². The molecule has 0 radical (unpaired) electrons. The van der Waals surface area contributed by atoms with Crippen molar-refractivity contribution < 1.29 is 108 Å². The van der Waals surface area contributed by atoms with Gasteiger partial charge in [-0.05, 0) is 263 Å². The van der Waals surface area contributed by atoms with Crippen LogP contribution in [0.4, 0.5) is 4.39 Å². The van der Waals surface area contributed by atoms with Gasteiger partial charge < -0.3 is 54.0 Å². The summed E-state index contributed by atoms with van der Waals surface area (Å²) in [6.45, 7) is 46.2. The number of carboxylic acids is 2. The number of benzene rings is 10. The zero-order chi connectivity index (χ0) is 89.2. The van der Waals surface area contributed by atoms with E-state index in [0.717, 1.165) is 123 Å². The van der Waals surface area contributed by atoms with E-state index in [2.05, 4.69) is 36.4 Å². The Morgan fingerprint density at radius 2 is 0.725 bits per heavy atom. The van der Waals surface area contributed by atoms with Crippen molar-refractivity contribution in [1.29, 1.82) is 0 Å². The maximum Gasteiger partial charge on any atom is 1.00 e. The third kappa shape index (κ3) is 29.6. The van der Waals surface area contributed by atoms with Crippen LogP contribution in [0.3, 0.4) is 0 Å². The molecule has 0 saturated heterocycles. The molecular weight excluding hydrogens is 1610 g/mol. The van der Waals surface area contributed by atoms with Crippen molar-refractivity contribution in [2.75, 3.05) is 27.0 Å². The average molecular weight is 1740 g/mol. The van der Waals surface area contributed by atoms with E-state index in [1.807, 2.05) is 281 Å². The molecule has 0 spiro atoms. The Balaban J connectivity index is 0.000000315. The number of allylic oxidation sites excluding steroid dienone is 2. The molecule has 0 amide bonds. The van der Waals surface area contributed by atoms with E-state index in [1.165, 1.54) is 12.0 Å². The van der Waals surface area contributed by atoms with Gasteiger partial charge in [0.2, 0.25) is 0 Å². The fraction of sp³-hybridized carbons (Fsp3) is 0.434. The van der Waals surface area contributed by atoms with Gasteiger partial charge in [-0.3, -0.25) is 9.18 Å². The number of aliphatic carboxylic acids is 2. The summed E-state index contributed by atoms with van der Waals surface area (Å²) in [5.41, 5.74) is 7.93. The minimum atomic E-state index is -1.08. The summed E-state index contributed by atoms with van der Waals surface area (Å²) >= 11 is 26.4. The average Bonchev–Trinajstić information content (AvgIpc) is 0.742. The molecule has 0 bridgehead atoms. The summed E-state index contributed by atoms with van der Waals surface area (Å²) in [5.74, 6) is -2.64. The first-order chi connectivity index (χ1) is 55.4. The topological polar surface area (TPSA) is 224 Å². The van der Waals surface area contributed by atoms with Crippen LogP contribution in [0.15, 0.2) is 158 Å². The molecule has 15 nitrogen and oxygen atoms in total. The molecule has 120 heavy (non-hydrogen) atoms. The predicted molar refractivity (Wildman–Crippen MR) is 486 cm³/mol. The zero-order valence-electron chi connectivity index (χ0n) is 75.7. The minimum absolute atomic E-state index is 0. The summed E-state index contributed by atoms with van der Waals surface area (Å²) in [6, 6.07) is 50.0. The largest absolute Gasteiger partial charge is 1.00 e. The van der Waals surface area contributed by atoms with E-state index >= 15 is 0 Å². The number of aryl methyl sites for hydroxylation is 5. The molecule has 0 aliphatic heterocycles. The number of rotatable bonds is 18. The number of carbonyl (C=O) groups is 4. The van der Waals surface area contributed by atoms with Gasteiger partial charge in [0.1, 0.15) is 18.8 Å². The van der Waals surface area contributed by atoms with Crippen LogP contribution in [0.25, 0.3) is 59.4 Å². The molecule has 21 heteroatoms. The molecule has 11 rings (SSSR count). The number of hydrogen-bond acceptors (Lipinski definition) is 13. The van der Waals surface area contributed by atoms with Crippen molar-refractivity contribution in [3.05, 3.63) is 239 Å². The first kappa shape index (κ1) is 103. The minimum Gasteiger partial charge on any atom is -0.870 e. The molecule has 5 atom stereocenters. The maximum atomic E-state index is 12.5. The van der Waals surface area contributed by atoms with E-state index in [-0.39, 0.29) is 59.8 Å². The number of alkyl halides is 1. The van der Waals surface area contributed by atoms with Gasteiger partial charge in [0.25, 0.3) is 0 Å². The molecule has 646 valence electrons. The number of esters is 2. The number of fused-ring (bicyclic) bond motifs is 5. The summed E-state index contributed by atoms with van der Waals surface area (Å²) in [5, 5.41) is 41.7. The third-order valence-corrected chi connectivity index (χ3v) is 20.4. The fourth-order valence-electron chi connectivity index (χ4n) is 14.0. The van der Waals surface area contributed by atoms with Crippen LogP contribution in [0.2, 0.25) is 20.1 Å². The summed E-state index contributed by atoms with van der Waals surface area (Å²) < 4.78 is 56.2. The van der Waals surface area contributed by atoms with Crippen LogP contribution in [-0.2, 0) is 52.3 Å². The van der Waals surface area contributed by atoms with Crippen LogP contribution in [0, 0.1) is 40.0 Å². The number of hydrogen-bond donors (Lipinski definition) is 3. The summed E-state index contributed by atoms with van der Waals surface area (Å²) in [6.07, 6.45) is 2.92. The summed E-state index contributed by atoms with van der Waals surface area (Å²) in [7, 11) is -1.00. The van der Waals surface area contributed by atoms with Gasteiger partial charge >= 0.3 is 53.4 Å². The van der Waals surface area contributed by atoms with E-state index in [9.17, 15) is 38.9 Å². The van der Waals surface area contributed by atoms with Gasteiger partial charge in [0.05, 0.1) is 75.2 Å². The smallest absolute Gasteiger partial charge is 0.870 e. The maximum absolute atomic E-state index is 12.5. The number of aliphatic hydroxyl groups excluding tert-OH is 1. The standard InChI is InChI=1S/C23H28O3.C22H29ClO3.C19H23ClO3.C17H19ClO3.C17H21ClO2.CH3F.Na.H2O/c1-15-14-17-12-8-9-13-18(17)20(16-10-6-5-7-11-16)19(15)21(22(24)25)26-23(2,3)4;1-14-12-15-10-8-9-11-16(15)19(23)18(14)17(26-22(5,6)7)13-25-20(24)21(2,3)4;1-6-22-18(21)17(23-19(3,4)5)15-12(2)11-13-9-7-8-10-14(13)16(15)20;1-10-9-11-7-5-6-8-12(11)14(18)13(10)15(16(19)20)21-17(2,3)4;1-11-9-12-7-5-6-8-13(12)16(18)15(11)14(10-19)20-17(2,3)4;1-2;;/h8-10,12-14,21H,5-7,11H2,1-4H3,(H,24,25);8-12,17H,13H2,1-7H3;7-11,17H,6H2,1-5H3;5-9,15H,1-4H3,(H,19,20);5-9,14,19H,10H2,1-4H3;1H3;;1H2/q;;;;;;+1;/p-1/t21-;2*17-;15-;14-;;;/m01001.../s1/i;;;;;1D;;. The van der Waals surface area contributed by atoms with Crippen LogP contribution in [0.1, 0.15) is 250 Å². The number of ether oxygens (including phenoxy) is 7. The number of halogens is 5. The van der Waals surface area contributed by atoms with Crippen molar-refractivity contribution in [1.82, 2.24) is 0 Å². The van der Waals surface area contributed by atoms with Gasteiger partial charge in [-0.1, -0.05) is 204 Å². The normalized spacial score (nSPS) is 13.8. The second-order valence-electron chi connectivity index (χ2n) is 35.5. The number of aliphatic hydroxyl groups is 1. The monoisotopic (exact) mass is 1740 g/mol. The van der Waals surface area contributed by atoms with Crippen LogP contribution in [-0.4, -0.2) is 99.7 Å². The Hall–Kier alpha value is -7.07. The second kappa shape index (κ2) is 45.5. The molecule has 1 aliphatic carbocycles. The fourth-order valence-corrected chi connectivity index (χ4v) is 15.8. The summed E-state index contributed by atoms with van der Waals surface area (Å²) in [4.78, 5) is 48.5. The quantitative estimate of drug-likeness (QED) is 0.0537. The van der Waals surface area contributed by atoms with E-state index in [0.29, 0.717) is 37.8 Å². The first-order valence-electron chi connectivity index (χ1n) is 40.7. The van der Waals surface area contributed by atoms with Crippen molar-refractivity contribution in [3.63, 3.8) is 0 Å². The molecule has 4 N–H and O–H groups in total. The second-order valence-corrected chi connectivity index (χ2v) is 37.0. The number of carbonyl (C=O) groups excluding carboxylic acids is 2. The zero-order valence-corrected chi connectivity index (χ0v) is 79.7. The van der Waals surface area contributed by atoms with Crippen molar-refractivity contribution in [2.24, 2.45) is 5.41 Å². The van der Waals surface area contributed by atoms with Gasteiger partial charge in [0.15, 0.2) is 18.3 Å². The number of carboxylic acid groups (broad SMARTS) is 2. The Bertz CT molecular complexity index is 5200. The Morgan fingerprint density at radius 1 is 0.433 bits per heavy atom. The molecule has 0 saturated carbocycles. The van der Waals surface area contributed by atoms with Crippen LogP contribution >= 0.6 is 46.4 Å². The van der Waals surface area contributed by atoms with Crippen molar-refractivity contribution in [2.45, 2.75) is 250 Å². The van der Waals surface area contributed by atoms with Crippen molar-refractivity contribution in [3.8, 4) is 0 Å². The van der Waals surface area contributed by atoms with Crippen LogP contribution < -0.4 is 29.6 Å². The molecule has 0 aromatic heterocycles. The Morgan fingerprint density at radius 3 is 1.05 bits per heavy atom. The molecule has 0 fully saturated rings.